The smallest absolute Gasteiger partial charge is 0.153 e. The van der Waals surface area contributed by atoms with Crippen molar-refractivity contribution in [3.05, 3.63) is 94.8 Å². The topological polar surface area (TPSA) is 72.8 Å². The Balaban J connectivity index is 1.86. The van der Waals surface area contributed by atoms with Crippen LogP contribution in [-0.4, -0.2) is 66.6 Å². The Morgan fingerprint density at radius 3 is 2.47 bits per heavy atom. The zero-order valence-corrected chi connectivity index (χ0v) is 22.7. The van der Waals surface area contributed by atoms with Crippen LogP contribution in [0.2, 0.25) is 0 Å². The molecule has 0 spiro atoms. The van der Waals surface area contributed by atoms with Gasteiger partial charge in [0.05, 0.1) is 17.6 Å². The van der Waals surface area contributed by atoms with E-state index in [9.17, 15) is 9.18 Å². The third-order valence-corrected chi connectivity index (χ3v) is 6.10. The van der Waals surface area contributed by atoms with Gasteiger partial charge < -0.3 is 14.5 Å². The van der Waals surface area contributed by atoms with Crippen molar-refractivity contribution in [1.29, 1.82) is 5.41 Å². The van der Waals surface area contributed by atoms with Crippen molar-refractivity contribution in [3.8, 4) is 16.9 Å². The number of aryl methyl sites for hydroxylation is 2. The monoisotopic (exact) mass is 517 g/mol. The Morgan fingerprint density at radius 2 is 1.79 bits per heavy atom. The first-order chi connectivity index (χ1) is 18.2. The average molecular weight is 518 g/mol. The van der Waals surface area contributed by atoms with Crippen LogP contribution in [0.4, 0.5) is 4.39 Å². The van der Waals surface area contributed by atoms with Crippen molar-refractivity contribution in [1.82, 2.24) is 19.7 Å². The molecule has 0 aliphatic heterocycles. The average Bonchev–Trinajstić information content (AvgIpc) is 2.87. The van der Waals surface area contributed by atoms with E-state index < -0.39 is 0 Å². The number of likely N-dealkylation sites (N-methyl/N-ethyl adjacent to an activating group) is 1. The van der Waals surface area contributed by atoms with Crippen molar-refractivity contribution in [2.24, 2.45) is 0 Å². The van der Waals surface area contributed by atoms with E-state index in [0.717, 1.165) is 39.8 Å². The van der Waals surface area contributed by atoms with Gasteiger partial charge in [0.25, 0.3) is 0 Å². The van der Waals surface area contributed by atoms with E-state index in [1.807, 2.05) is 63.4 Å². The Morgan fingerprint density at radius 1 is 1.00 bits per heavy atom. The highest BCUT2D eigenvalue weighted by Crippen LogP contribution is 2.36. The minimum atomic E-state index is -0.313. The molecular weight excluding hydrogens is 481 g/mol. The first kappa shape index (κ1) is 28.5. The lowest BCUT2D eigenvalue weighted by atomic mass is 9.95. The summed E-state index contributed by atoms with van der Waals surface area (Å²) in [6.07, 6.45) is 7.46. The minimum absolute atomic E-state index is 0.313. The Kier molecular flexibility index (Phi) is 10.1. The van der Waals surface area contributed by atoms with Crippen LogP contribution in [-0.2, 0) is 13.1 Å². The molecule has 1 aromatic heterocycles. The van der Waals surface area contributed by atoms with Gasteiger partial charge in [0, 0.05) is 57.9 Å². The molecule has 38 heavy (non-hydrogen) atoms. The molecule has 0 radical (unpaired) electrons. The summed E-state index contributed by atoms with van der Waals surface area (Å²) in [5.41, 5.74) is 5.82. The van der Waals surface area contributed by atoms with Crippen LogP contribution in [0.25, 0.3) is 11.1 Å². The fourth-order valence-electron chi connectivity index (χ4n) is 4.13. The number of carbonyl (C=O) groups excluding carboxylic acids is 1. The standard InChI is InChI=1S/C30H36FN5O2/c1-22-8-9-33-27(14-22)19-35(4)12-13-38-30-25(20-37)16-24(18-34(3)10-11-36(5)21-32)17-29(30)28-7-6-26(31)15-23(28)2/h6-11,14-17,20-21,32H,12-13,18-19H2,1-5H3/b11-10-,32-21?. The Labute approximate surface area is 224 Å². The largest absolute Gasteiger partial charge is 0.491 e. The molecule has 0 fully saturated rings. The highest BCUT2D eigenvalue weighted by atomic mass is 19.1. The molecule has 0 unspecified atom stereocenters. The number of pyridine rings is 1. The normalized spacial score (nSPS) is 11.1. The number of nitrogens with zero attached hydrogens (tertiary/aromatic N) is 4. The highest BCUT2D eigenvalue weighted by molar-refractivity contribution is 5.87. The second-order valence-electron chi connectivity index (χ2n) is 9.56. The van der Waals surface area contributed by atoms with E-state index >= 15 is 0 Å². The number of aldehydes is 1. The molecule has 3 rings (SSSR count). The molecule has 7 nitrogen and oxygen atoms in total. The van der Waals surface area contributed by atoms with Gasteiger partial charge in [-0.1, -0.05) is 6.07 Å². The third-order valence-electron chi connectivity index (χ3n) is 6.10. The van der Waals surface area contributed by atoms with E-state index in [2.05, 4.69) is 16.0 Å². The van der Waals surface area contributed by atoms with Crippen LogP contribution in [0.15, 0.2) is 61.1 Å². The molecule has 3 aromatic rings. The number of benzene rings is 2. The number of ether oxygens (including phenoxy) is 1. The van der Waals surface area contributed by atoms with Crippen LogP contribution in [0.3, 0.4) is 0 Å². The van der Waals surface area contributed by atoms with Gasteiger partial charge >= 0.3 is 0 Å². The lowest BCUT2D eigenvalue weighted by Crippen LogP contribution is -2.24. The zero-order valence-electron chi connectivity index (χ0n) is 22.7. The molecule has 0 atom stereocenters. The maximum absolute atomic E-state index is 13.9. The molecule has 200 valence electrons. The summed E-state index contributed by atoms with van der Waals surface area (Å²) in [6.45, 7) is 6.10. The van der Waals surface area contributed by atoms with E-state index in [0.29, 0.717) is 37.6 Å². The summed E-state index contributed by atoms with van der Waals surface area (Å²) in [7, 11) is 5.70. The maximum Gasteiger partial charge on any atom is 0.153 e. The molecule has 1 N–H and O–H groups in total. The van der Waals surface area contributed by atoms with Crippen LogP contribution in [0, 0.1) is 25.1 Å². The highest BCUT2D eigenvalue weighted by Gasteiger charge is 2.17. The van der Waals surface area contributed by atoms with Crippen LogP contribution >= 0.6 is 0 Å². The van der Waals surface area contributed by atoms with Crippen molar-refractivity contribution in [3.63, 3.8) is 0 Å². The predicted octanol–water partition coefficient (Wildman–Crippen LogP) is 5.27. The first-order valence-electron chi connectivity index (χ1n) is 12.4. The maximum atomic E-state index is 13.9. The van der Waals surface area contributed by atoms with Crippen molar-refractivity contribution >= 4 is 12.6 Å². The molecule has 0 amide bonds. The van der Waals surface area contributed by atoms with Crippen molar-refractivity contribution in [2.45, 2.75) is 26.9 Å². The Bertz CT molecular complexity index is 1290. The third kappa shape index (κ3) is 7.98. The summed E-state index contributed by atoms with van der Waals surface area (Å²) in [4.78, 5) is 22.3. The molecule has 0 aliphatic carbocycles. The van der Waals surface area contributed by atoms with E-state index in [-0.39, 0.29) is 5.82 Å². The lowest BCUT2D eigenvalue weighted by Gasteiger charge is -2.21. The second-order valence-corrected chi connectivity index (χ2v) is 9.56. The van der Waals surface area contributed by atoms with E-state index in [1.54, 1.807) is 24.2 Å². The van der Waals surface area contributed by atoms with Gasteiger partial charge in [0.15, 0.2) is 6.29 Å². The van der Waals surface area contributed by atoms with E-state index in [4.69, 9.17) is 10.1 Å². The fraction of sp³-hybridized carbons (Fsp3) is 0.300. The molecule has 0 aliphatic rings. The summed E-state index contributed by atoms with van der Waals surface area (Å²) >= 11 is 0. The summed E-state index contributed by atoms with van der Waals surface area (Å²) < 4.78 is 20.1. The molecule has 2 aromatic carbocycles. The van der Waals surface area contributed by atoms with E-state index in [1.165, 1.54) is 18.5 Å². The zero-order chi connectivity index (χ0) is 27.7. The first-order valence-corrected chi connectivity index (χ1v) is 12.4. The van der Waals surface area contributed by atoms with Gasteiger partial charge in [-0.05, 0) is 79.5 Å². The van der Waals surface area contributed by atoms with Gasteiger partial charge in [-0.15, -0.1) is 0 Å². The molecule has 8 heteroatoms. The summed E-state index contributed by atoms with van der Waals surface area (Å²) in [5.74, 6) is 0.175. The number of nitrogens with one attached hydrogen (secondary N) is 1. The molecule has 0 saturated carbocycles. The summed E-state index contributed by atoms with van der Waals surface area (Å²) in [5, 5.41) is 7.30. The lowest BCUT2D eigenvalue weighted by molar-refractivity contribution is 0.111. The number of aromatic nitrogens is 1. The van der Waals surface area contributed by atoms with Crippen molar-refractivity contribution < 1.29 is 13.9 Å². The SMILES string of the molecule is Cc1ccnc(CN(C)CCOc2c(C=O)cc(CN(C)/C=C\N(C)C=N)cc2-c2ccc(F)cc2C)c1. The molecular formula is C30H36FN5O2. The van der Waals surface area contributed by atoms with Gasteiger partial charge in [0.1, 0.15) is 18.2 Å². The van der Waals surface area contributed by atoms with Crippen molar-refractivity contribution in [2.75, 3.05) is 34.3 Å². The number of halogens is 1. The molecule has 0 saturated heterocycles. The summed E-state index contributed by atoms with van der Waals surface area (Å²) in [6, 6.07) is 12.5. The second kappa shape index (κ2) is 13.5. The predicted molar refractivity (Wildman–Crippen MR) is 150 cm³/mol. The van der Waals surface area contributed by atoms with Crippen LogP contribution < -0.4 is 4.74 Å². The number of hydrogen-bond acceptors (Lipinski definition) is 6. The minimum Gasteiger partial charge on any atom is -0.491 e. The number of carbonyl (C=O) groups is 1. The van der Waals surface area contributed by atoms with Crippen LogP contribution in [0.1, 0.15) is 32.7 Å². The molecule has 1 heterocycles. The molecule has 0 bridgehead atoms. The van der Waals surface area contributed by atoms with Gasteiger partial charge in [-0.25, -0.2) is 4.39 Å². The van der Waals surface area contributed by atoms with Crippen LogP contribution in [0.5, 0.6) is 5.75 Å². The fourth-order valence-corrected chi connectivity index (χ4v) is 4.13. The van der Waals surface area contributed by atoms with Gasteiger partial charge in [-0.2, -0.15) is 0 Å². The Hall–Kier alpha value is -4.04. The quantitative estimate of drug-likeness (QED) is 0.189. The van der Waals surface area contributed by atoms with Gasteiger partial charge in [-0.3, -0.25) is 20.1 Å². The number of rotatable bonds is 13. The van der Waals surface area contributed by atoms with Gasteiger partial charge in [0.2, 0.25) is 0 Å². The number of hydrogen-bond donors (Lipinski definition) is 1.